The summed E-state index contributed by atoms with van der Waals surface area (Å²) in [6.45, 7) is 3.09. The van der Waals surface area contributed by atoms with Gasteiger partial charge in [0.2, 0.25) is 6.43 Å². The van der Waals surface area contributed by atoms with E-state index in [1.807, 2.05) is 6.92 Å². The molecule has 0 bridgehead atoms. The lowest BCUT2D eigenvalue weighted by molar-refractivity contribution is 0.0684. The first-order chi connectivity index (χ1) is 4.22. The highest BCUT2D eigenvalue weighted by Gasteiger charge is 2.30. The Morgan fingerprint density at radius 2 is 2.11 bits per heavy atom. The van der Waals surface area contributed by atoms with Crippen molar-refractivity contribution in [1.29, 1.82) is 0 Å². The molecule has 1 N–H and O–H groups in total. The molecule has 0 amide bonds. The molecule has 0 saturated carbocycles. The summed E-state index contributed by atoms with van der Waals surface area (Å²) < 4.78 is 23.9. The molecule has 1 aliphatic heterocycles. The van der Waals surface area contributed by atoms with Crippen LogP contribution in [0.4, 0.5) is 8.78 Å². The van der Waals surface area contributed by atoms with E-state index in [2.05, 4.69) is 5.32 Å². The van der Waals surface area contributed by atoms with Crippen LogP contribution in [0.5, 0.6) is 0 Å². The van der Waals surface area contributed by atoms with E-state index in [1.54, 1.807) is 0 Å². The first-order valence-corrected chi connectivity index (χ1v) is 3.20. The fourth-order valence-electron chi connectivity index (χ4n) is 1.17. The van der Waals surface area contributed by atoms with E-state index in [-0.39, 0.29) is 5.92 Å². The largest absolute Gasteiger partial charge is 0.316 e. The zero-order valence-corrected chi connectivity index (χ0v) is 5.40. The number of hydrogen-bond acceptors (Lipinski definition) is 1. The van der Waals surface area contributed by atoms with Gasteiger partial charge in [-0.2, -0.15) is 0 Å². The molecular weight excluding hydrogens is 124 g/mol. The van der Waals surface area contributed by atoms with Crippen LogP contribution >= 0.6 is 0 Å². The predicted molar refractivity (Wildman–Crippen MR) is 31.5 cm³/mol. The molecule has 3 heteroatoms. The fraction of sp³-hybridized carbons (Fsp3) is 1.00. The molecule has 0 spiro atoms. The van der Waals surface area contributed by atoms with Crippen LogP contribution in [0, 0.1) is 11.8 Å². The lowest BCUT2D eigenvalue weighted by atomic mass is 9.99. The third-order valence-electron chi connectivity index (χ3n) is 1.90. The minimum Gasteiger partial charge on any atom is -0.316 e. The van der Waals surface area contributed by atoms with Crippen molar-refractivity contribution in [3.05, 3.63) is 0 Å². The van der Waals surface area contributed by atoms with Crippen LogP contribution in [0.2, 0.25) is 0 Å². The monoisotopic (exact) mass is 135 g/mol. The first kappa shape index (κ1) is 6.93. The molecule has 1 saturated heterocycles. The molecule has 1 aliphatic rings. The minimum absolute atomic E-state index is 0.144. The molecular formula is C6H11F2N. The molecule has 1 heterocycles. The Kier molecular flexibility index (Phi) is 2.01. The molecule has 0 aromatic rings. The smallest absolute Gasteiger partial charge is 0.242 e. The zero-order chi connectivity index (χ0) is 6.85. The lowest BCUT2D eigenvalue weighted by Gasteiger charge is -2.11. The van der Waals surface area contributed by atoms with Crippen molar-refractivity contribution in [2.45, 2.75) is 13.3 Å². The highest BCUT2D eigenvalue weighted by atomic mass is 19.3. The summed E-state index contributed by atoms with van der Waals surface area (Å²) in [4.78, 5) is 0. The Hall–Kier alpha value is -0.180. The second-order valence-electron chi connectivity index (χ2n) is 2.63. The summed E-state index contributed by atoms with van der Waals surface area (Å²) in [5.41, 5.74) is 0. The van der Waals surface area contributed by atoms with Gasteiger partial charge in [-0.25, -0.2) is 8.78 Å². The van der Waals surface area contributed by atoms with Gasteiger partial charge in [0.05, 0.1) is 0 Å². The molecule has 1 fully saturated rings. The molecule has 2 unspecified atom stereocenters. The van der Waals surface area contributed by atoms with Crippen LogP contribution in [0.3, 0.4) is 0 Å². The number of nitrogens with one attached hydrogen (secondary N) is 1. The zero-order valence-electron chi connectivity index (χ0n) is 5.40. The summed E-state index contributed by atoms with van der Waals surface area (Å²) in [5.74, 6) is -0.269. The van der Waals surface area contributed by atoms with Gasteiger partial charge in [0, 0.05) is 12.5 Å². The minimum atomic E-state index is -2.14. The van der Waals surface area contributed by atoms with Crippen molar-refractivity contribution in [3.63, 3.8) is 0 Å². The molecule has 0 aliphatic carbocycles. The Balaban J connectivity index is 2.40. The molecule has 2 atom stereocenters. The summed E-state index contributed by atoms with van der Waals surface area (Å²) >= 11 is 0. The SMILES string of the molecule is CC1CNCC1C(F)F. The maximum Gasteiger partial charge on any atom is 0.242 e. The van der Waals surface area contributed by atoms with E-state index in [0.29, 0.717) is 6.54 Å². The second kappa shape index (κ2) is 2.60. The summed E-state index contributed by atoms with van der Waals surface area (Å²) in [5, 5.41) is 2.92. The maximum atomic E-state index is 12.0. The van der Waals surface area contributed by atoms with E-state index in [0.717, 1.165) is 6.54 Å². The van der Waals surface area contributed by atoms with Gasteiger partial charge in [-0.1, -0.05) is 6.92 Å². The number of hydrogen-bond donors (Lipinski definition) is 1. The van der Waals surface area contributed by atoms with Crippen molar-refractivity contribution in [2.24, 2.45) is 11.8 Å². The van der Waals surface area contributed by atoms with Crippen LogP contribution < -0.4 is 5.32 Å². The van der Waals surface area contributed by atoms with E-state index < -0.39 is 12.3 Å². The van der Waals surface area contributed by atoms with Crippen LogP contribution in [-0.2, 0) is 0 Å². The van der Waals surface area contributed by atoms with Gasteiger partial charge in [-0.3, -0.25) is 0 Å². The molecule has 0 radical (unpaired) electrons. The van der Waals surface area contributed by atoms with E-state index in [4.69, 9.17) is 0 Å². The Morgan fingerprint density at radius 3 is 2.33 bits per heavy atom. The first-order valence-electron chi connectivity index (χ1n) is 3.20. The average Bonchev–Trinajstić information content (AvgIpc) is 2.13. The molecule has 54 valence electrons. The van der Waals surface area contributed by atoms with Crippen LogP contribution in [-0.4, -0.2) is 19.5 Å². The number of alkyl halides is 2. The standard InChI is InChI=1S/C6H11F2N/c1-4-2-9-3-5(4)6(7)8/h4-6,9H,2-3H2,1H3. The summed E-state index contributed by atoms with van der Waals surface area (Å²) in [7, 11) is 0. The fourth-order valence-corrected chi connectivity index (χ4v) is 1.17. The molecule has 0 aromatic carbocycles. The Bertz CT molecular complexity index is 95.1. The summed E-state index contributed by atoms with van der Waals surface area (Å²) in [6.07, 6.45) is -2.14. The Labute approximate surface area is 53.4 Å². The highest BCUT2D eigenvalue weighted by Crippen LogP contribution is 2.22. The van der Waals surface area contributed by atoms with Gasteiger partial charge in [0.25, 0.3) is 0 Å². The highest BCUT2D eigenvalue weighted by molar-refractivity contribution is 4.79. The van der Waals surface area contributed by atoms with Gasteiger partial charge in [-0.05, 0) is 12.5 Å². The third-order valence-corrected chi connectivity index (χ3v) is 1.90. The van der Waals surface area contributed by atoms with Gasteiger partial charge < -0.3 is 5.32 Å². The van der Waals surface area contributed by atoms with Crippen LogP contribution in [0.1, 0.15) is 6.92 Å². The van der Waals surface area contributed by atoms with Crippen LogP contribution in [0.15, 0.2) is 0 Å². The normalized spacial score (nSPS) is 36.0. The van der Waals surface area contributed by atoms with Gasteiger partial charge in [0.15, 0.2) is 0 Å². The van der Waals surface area contributed by atoms with Crippen molar-refractivity contribution < 1.29 is 8.78 Å². The molecule has 0 aromatic heterocycles. The molecule has 1 nitrogen and oxygen atoms in total. The number of rotatable bonds is 1. The van der Waals surface area contributed by atoms with E-state index >= 15 is 0 Å². The van der Waals surface area contributed by atoms with Crippen molar-refractivity contribution in [1.82, 2.24) is 5.32 Å². The van der Waals surface area contributed by atoms with Gasteiger partial charge >= 0.3 is 0 Å². The van der Waals surface area contributed by atoms with Crippen molar-refractivity contribution in [2.75, 3.05) is 13.1 Å². The van der Waals surface area contributed by atoms with E-state index in [1.165, 1.54) is 0 Å². The van der Waals surface area contributed by atoms with Crippen LogP contribution in [0.25, 0.3) is 0 Å². The number of halogens is 2. The van der Waals surface area contributed by atoms with Gasteiger partial charge in [0.1, 0.15) is 0 Å². The maximum absolute atomic E-state index is 12.0. The second-order valence-corrected chi connectivity index (χ2v) is 2.63. The van der Waals surface area contributed by atoms with E-state index in [9.17, 15) is 8.78 Å². The lowest BCUT2D eigenvalue weighted by Crippen LogP contribution is -2.18. The van der Waals surface area contributed by atoms with Gasteiger partial charge in [-0.15, -0.1) is 0 Å². The van der Waals surface area contributed by atoms with Crippen molar-refractivity contribution >= 4 is 0 Å². The molecule has 9 heavy (non-hydrogen) atoms. The third kappa shape index (κ3) is 1.39. The summed E-state index contributed by atoms with van der Waals surface area (Å²) in [6, 6.07) is 0. The average molecular weight is 135 g/mol. The quantitative estimate of drug-likeness (QED) is 0.568. The predicted octanol–water partition coefficient (Wildman–Crippen LogP) is 1.11. The topological polar surface area (TPSA) is 12.0 Å². The molecule has 1 rings (SSSR count). The Morgan fingerprint density at radius 1 is 1.44 bits per heavy atom. The van der Waals surface area contributed by atoms with Crippen molar-refractivity contribution in [3.8, 4) is 0 Å².